The second kappa shape index (κ2) is 6.94. The molecule has 0 aliphatic carbocycles. The number of rotatable bonds is 6. The van der Waals surface area contributed by atoms with E-state index in [9.17, 15) is 14.7 Å². The number of imide groups is 1. The van der Waals surface area contributed by atoms with Crippen LogP contribution in [0.2, 0.25) is 0 Å². The van der Waals surface area contributed by atoms with Gasteiger partial charge in [-0.1, -0.05) is 19.1 Å². The van der Waals surface area contributed by atoms with Gasteiger partial charge in [-0.3, -0.25) is 9.59 Å². The highest BCUT2D eigenvalue weighted by atomic mass is 16.5. The molecule has 0 aromatic heterocycles. The molecule has 0 saturated heterocycles. The second-order valence-corrected chi connectivity index (χ2v) is 5.69. The summed E-state index contributed by atoms with van der Waals surface area (Å²) < 4.78 is 10.9. The van der Waals surface area contributed by atoms with E-state index in [2.05, 4.69) is 0 Å². The number of nitrogens with zero attached hydrogens (tertiary/aromatic N) is 1. The molecule has 0 fully saturated rings. The Morgan fingerprint density at radius 1 is 1.08 bits per heavy atom. The summed E-state index contributed by atoms with van der Waals surface area (Å²) in [5.74, 6) is 0.200. The maximum absolute atomic E-state index is 12.3. The van der Waals surface area contributed by atoms with Crippen molar-refractivity contribution in [2.75, 3.05) is 13.8 Å². The second-order valence-electron chi connectivity index (χ2n) is 5.69. The van der Waals surface area contributed by atoms with Gasteiger partial charge in [0.15, 0.2) is 6.73 Å². The highest BCUT2D eigenvalue weighted by Crippen LogP contribution is 2.31. The van der Waals surface area contributed by atoms with Crippen molar-refractivity contribution >= 4 is 11.8 Å². The molecule has 25 heavy (non-hydrogen) atoms. The molecule has 6 heteroatoms. The molecular formula is C19H19NO5. The molecule has 6 nitrogen and oxygen atoms in total. The number of carbonyl (C=O) groups is 2. The van der Waals surface area contributed by atoms with Crippen molar-refractivity contribution in [3.63, 3.8) is 0 Å². The zero-order valence-corrected chi connectivity index (χ0v) is 14.1. The molecule has 130 valence electrons. The number of aliphatic hydroxyl groups is 1. The van der Waals surface area contributed by atoms with Gasteiger partial charge in [0.1, 0.15) is 11.5 Å². The molecular weight excluding hydrogens is 322 g/mol. The molecule has 2 aromatic carbocycles. The van der Waals surface area contributed by atoms with Crippen molar-refractivity contribution in [3.8, 4) is 11.5 Å². The van der Waals surface area contributed by atoms with Gasteiger partial charge in [0, 0.05) is 11.6 Å². The summed E-state index contributed by atoms with van der Waals surface area (Å²) in [6.07, 6.45) is -0.0637. The average molecular weight is 341 g/mol. The number of amides is 2. The fraction of sp³-hybridized carbons (Fsp3) is 0.263. The summed E-state index contributed by atoms with van der Waals surface area (Å²) in [5.41, 5.74) is 1.43. The van der Waals surface area contributed by atoms with E-state index in [1.165, 1.54) is 7.11 Å². The van der Waals surface area contributed by atoms with Gasteiger partial charge in [0.05, 0.1) is 24.3 Å². The van der Waals surface area contributed by atoms with Crippen LogP contribution in [0.1, 0.15) is 45.7 Å². The monoisotopic (exact) mass is 341 g/mol. The first kappa shape index (κ1) is 17.0. The molecule has 2 amide bonds. The van der Waals surface area contributed by atoms with Crippen LogP contribution in [0.5, 0.6) is 11.5 Å². The van der Waals surface area contributed by atoms with Gasteiger partial charge in [-0.05, 0) is 30.7 Å². The Morgan fingerprint density at radius 2 is 1.72 bits per heavy atom. The summed E-state index contributed by atoms with van der Waals surface area (Å²) >= 11 is 0. The lowest BCUT2D eigenvalue weighted by molar-refractivity contribution is 0.0522. The van der Waals surface area contributed by atoms with Crippen molar-refractivity contribution in [1.82, 2.24) is 4.90 Å². The third-order valence-electron chi connectivity index (χ3n) is 4.19. The predicted octanol–water partition coefficient (Wildman–Crippen LogP) is 2.77. The topological polar surface area (TPSA) is 76.1 Å². The van der Waals surface area contributed by atoms with Crippen molar-refractivity contribution in [1.29, 1.82) is 0 Å². The molecule has 0 radical (unpaired) electrons. The van der Waals surface area contributed by atoms with E-state index in [0.717, 1.165) is 4.90 Å². The Hall–Kier alpha value is -2.86. The zero-order valence-electron chi connectivity index (χ0n) is 14.1. The first-order valence-electron chi connectivity index (χ1n) is 8.00. The zero-order chi connectivity index (χ0) is 18.0. The van der Waals surface area contributed by atoms with E-state index < -0.39 is 6.10 Å². The van der Waals surface area contributed by atoms with Crippen LogP contribution in [-0.4, -0.2) is 35.7 Å². The molecule has 2 aromatic rings. The summed E-state index contributed by atoms with van der Waals surface area (Å²) in [7, 11) is 1.51. The smallest absolute Gasteiger partial charge is 0.264 e. The number of benzene rings is 2. The number of methoxy groups -OCH3 is 1. The average Bonchev–Trinajstić information content (AvgIpc) is 2.90. The minimum absolute atomic E-state index is 0.189. The fourth-order valence-electron chi connectivity index (χ4n) is 2.77. The minimum Gasteiger partial charge on any atom is -0.496 e. The molecule has 1 aliphatic rings. The van der Waals surface area contributed by atoms with Crippen LogP contribution < -0.4 is 9.47 Å². The summed E-state index contributed by atoms with van der Waals surface area (Å²) in [5, 5.41) is 9.99. The van der Waals surface area contributed by atoms with Crippen LogP contribution in [0.25, 0.3) is 0 Å². The highest BCUT2D eigenvalue weighted by Gasteiger charge is 2.35. The van der Waals surface area contributed by atoms with Crippen LogP contribution in [0, 0.1) is 0 Å². The quantitative estimate of drug-likeness (QED) is 0.818. The van der Waals surface area contributed by atoms with E-state index in [-0.39, 0.29) is 18.5 Å². The number of aliphatic hydroxyl groups excluding tert-OH is 1. The maximum atomic E-state index is 12.3. The molecule has 1 aliphatic heterocycles. The number of carbonyl (C=O) groups excluding carboxylic acids is 2. The maximum Gasteiger partial charge on any atom is 0.264 e. The lowest BCUT2D eigenvalue weighted by atomic mass is 10.1. The lowest BCUT2D eigenvalue weighted by Gasteiger charge is -2.17. The van der Waals surface area contributed by atoms with E-state index in [1.54, 1.807) is 42.5 Å². The van der Waals surface area contributed by atoms with Gasteiger partial charge < -0.3 is 14.6 Å². The van der Waals surface area contributed by atoms with Crippen LogP contribution in [-0.2, 0) is 0 Å². The van der Waals surface area contributed by atoms with Crippen LogP contribution >= 0.6 is 0 Å². The highest BCUT2D eigenvalue weighted by molar-refractivity contribution is 6.21. The third kappa shape index (κ3) is 3.08. The SMILES string of the molecule is CCC(O)c1ccc(OCN2C(=O)c3ccccc3C2=O)cc1OC. The predicted molar refractivity (Wildman–Crippen MR) is 90.7 cm³/mol. The first-order valence-corrected chi connectivity index (χ1v) is 8.00. The van der Waals surface area contributed by atoms with Gasteiger partial charge in [-0.2, -0.15) is 0 Å². The number of fused-ring (bicyclic) bond motifs is 1. The Bertz CT molecular complexity index is 782. The molecule has 0 spiro atoms. The number of hydrogen-bond donors (Lipinski definition) is 1. The Balaban J connectivity index is 1.75. The van der Waals surface area contributed by atoms with E-state index in [4.69, 9.17) is 9.47 Å². The van der Waals surface area contributed by atoms with Crippen LogP contribution in [0.15, 0.2) is 42.5 Å². The largest absolute Gasteiger partial charge is 0.496 e. The Morgan fingerprint density at radius 3 is 2.28 bits per heavy atom. The third-order valence-corrected chi connectivity index (χ3v) is 4.19. The van der Waals surface area contributed by atoms with Gasteiger partial charge in [-0.25, -0.2) is 4.90 Å². The van der Waals surface area contributed by atoms with E-state index in [0.29, 0.717) is 34.6 Å². The van der Waals surface area contributed by atoms with Crippen LogP contribution in [0.4, 0.5) is 0 Å². The molecule has 1 unspecified atom stereocenters. The molecule has 3 rings (SSSR count). The Labute approximate surface area is 145 Å². The molecule has 0 saturated carbocycles. The molecule has 1 heterocycles. The van der Waals surface area contributed by atoms with E-state index >= 15 is 0 Å². The first-order chi connectivity index (χ1) is 12.1. The van der Waals surface area contributed by atoms with Gasteiger partial charge >= 0.3 is 0 Å². The standard InChI is InChI=1S/C19H19NO5/c1-3-16(21)15-9-8-12(10-17(15)24-2)25-11-20-18(22)13-6-4-5-7-14(13)19(20)23/h4-10,16,21H,3,11H2,1-2H3. The van der Waals surface area contributed by atoms with Gasteiger partial charge in [0.2, 0.25) is 0 Å². The minimum atomic E-state index is -0.625. The number of hydrogen-bond acceptors (Lipinski definition) is 5. The molecule has 1 atom stereocenters. The molecule has 0 bridgehead atoms. The summed E-state index contributed by atoms with van der Waals surface area (Å²) in [6.45, 7) is 1.68. The Kier molecular flexibility index (Phi) is 4.72. The van der Waals surface area contributed by atoms with Crippen molar-refractivity contribution in [2.24, 2.45) is 0 Å². The van der Waals surface area contributed by atoms with Gasteiger partial charge in [0.25, 0.3) is 11.8 Å². The van der Waals surface area contributed by atoms with Crippen molar-refractivity contribution in [2.45, 2.75) is 19.4 Å². The fourth-order valence-corrected chi connectivity index (χ4v) is 2.77. The van der Waals surface area contributed by atoms with Crippen molar-refractivity contribution < 1.29 is 24.2 Å². The van der Waals surface area contributed by atoms with Gasteiger partial charge in [-0.15, -0.1) is 0 Å². The van der Waals surface area contributed by atoms with E-state index in [1.807, 2.05) is 6.92 Å². The van der Waals surface area contributed by atoms with Crippen molar-refractivity contribution in [3.05, 3.63) is 59.2 Å². The van der Waals surface area contributed by atoms with Crippen LogP contribution in [0.3, 0.4) is 0 Å². The summed E-state index contributed by atoms with van der Waals surface area (Å²) in [6, 6.07) is 11.7. The normalized spacial score (nSPS) is 14.4. The molecule has 1 N–H and O–H groups in total. The number of ether oxygens (including phenoxy) is 2. The lowest BCUT2D eigenvalue weighted by Crippen LogP contribution is -2.33. The summed E-state index contributed by atoms with van der Waals surface area (Å²) in [4.78, 5) is 25.7.